The van der Waals surface area contributed by atoms with Gasteiger partial charge in [0.15, 0.2) is 5.16 Å². The van der Waals surface area contributed by atoms with Crippen molar-refractivity contribution >= 4 is 29.0 Å². The number of thioether (sulfide) groups is 1. The molecule has 0 radical (unpaired) electrons. The van der Waals surface area contributed by atoms with Gasteiger partial charge in [0.05, 0.1) is 23.7 Å². The van der Waals surface area contributed by atoms with E-state index >= 15 is 0 Å². The Balaban J connectivity index is 1.32. The zero-order valence-corrected chi connectivity index (χ0v) is 14.5. The van der Waals surface area contributed by atoms with Crippen molar-refractivity contribution in [3.63, 3.8) is 0 Å². The number of anilines is 1. The van der Waals surface area contributed by atoms with Crippen LogP contribution < -0.4 is 4.90 Å². The van der Waals surface area contributed by atoms with Gasteiger partial charge in [0.2, 0.25) is 5.91 Å². The number of pyridine rings is 1. The lowest BCUT2D eigenvalue weighted by Crippen LogP contribution is -2.49. The highest BCUT2D eigenvalue weighted by molar-refractivity contribution is 7.99. The van der Waals surface area contributed by atoms with Crippen LogP contribution >= 0.6 is 11.8 Å². The fourth-order valence-electron chi connectivity index (χ4n) is 2.88. The average molecular weight is 354 g/mol. The SMILES string of the molecule is O=C(CSc1ncc2ccccn12)N1CCN(c2cnccn2)CC1. The number of nitrogens with zero attached hydrogens (tertiary/aromatic N) is 6. The van der Waals surface area contributed by atoms with Crippen molar-refractivity contribution in [1.29, 1.82) is 0 Å². The molecular weight excluding hydrogens is 336 g/mol. The summed E-state index contributed by atoms with van der Waals surface area (Å²) in [5.41, 5.74) is 1.04. The van der Waals surface area contributed by atoms with Crippen molar-refractivity contribution in [2.75, 3.05) is 36.8 Å². The predicted molar refractivity (Wildman–Crippen MR) is 96.7 cm³/mol. The highest BCUT2D eigenvalue weighted by Gasteiger charge is 2.22. The van der Waals surface area contributed by atoms with Crippen molar-refractivity contribution in [3.8, 4) is 0 Å². The van der Waals surface area contributed by atoms with Gasteiger partial charge >= 0.3 is 0 Å². The first-order valence-corrected chi connectivity index (χ1v) is 9.13. The predicted octanol–water partition coefficient (Wildman–Crippen LogP) is 1.57. The quantitative estimate of drug-likeness (QED) is 0.663. The Hall–Kier alpha value is -2.61. The number of carbonyl (C=O) groups is 1. The molecule has 7 nitrogen and oxygen atoms in total. The summed E-state index contributed by atoms with van der Waals surface area (Å²) < 4.78 is 2.00. The summed E-state index contributed by atoms with van der Waals surface area (Å²) in [5.74, 6) is 1.42. The zero-order valence-electron chi connectivity index (χ0n) is 13.7. The van der Waals surface area contributed by atoms with Gasteiger partial charge in [-0.2, -0.15) is 0 Å². The zero-order chi connectivity index (χ0) is 17.1. The average Bonchev–Trinajstić information content (AvgIpc) is 3.10. The smallest absolute Gasteiger partial charge is 0.233 e. The molecule has 1 saturated heterocycles. The van der Waals surface area contributed by atoms with Crippen LogP contribution in [0.3, 0.4) is 0 Å². The third kappa shape index (κ3) is 3.43. The number of hydrogen-bond acceptors (Lipinski definition) is 6. The lowest BCUT2D eigenvalue weighted by atomic mass is 10.3. The number of hydrogen-bond donors (Lipinski definition) is 0. The second-order valence-electron chi connectivity index (χ2n) is 5.76. The fourth-order valence-corrected chi connectivity index (χ4v) is 3.75. The summed E-state index contributed by atoms with van der Waals surface area (Å²) in [6.07, 6.45) is 8.91. The van der Waals surface area contributed by atoms with E-state index in [9.17, 15) is 4.79 Å². The molecule has 8 heteroatoms. The number of imidazole rings is 1. The lowest BCUT2D eigenvalue weighted by molar-refractivity contribution is -0.128. The Bertz CT molecular complexity index is 860. The van der Waals surface area contributed by atoms with E-state index in [0.29, 0.717) is 18.8 Å². The van der Waals surface area contributed by atoms with Crippen LogP contribution in [0.15, 0.2) is 54.3 Å². The number of aromatic nitrogens is 4. The molecule has 0 aromatic carbocycles. The van der Waals surface area contributed by atoms with Gasteiger partial charge in [-0.1, -0.05) is 17.8 Å². The minimum atomic E-state index is 0.150. The van der Waals surface area contributed by atoms with Crippen LogP contribution in [0, 0.1) is 0 Å². The number of fused-ring (bicyclic) bond motifs is 1. The van der Waals surface area contributed by atoms with Crippen LogP contribution in [0.1, 0.15) is 0 Å². The maximum Gasteiger partial charge on any atom is 0.233 e. The molecule has 0 saturated carbocycles. The molecular formula is C17H18N6OS. The van der Waals surface area contributed by atoms with Crippen molar-refractivity contribution in [2.45, 2.75) is 5.16 Å². The van der Waals surface area contributed by atoms with Gasteiger partial charge in [-0.15, -0.1) is 0 Å². The van der Waals surface area contributed by atoms with Gasteiger partial charge in [-0.05, 0) is 12.1 Å². The van der Waals surface area contributed by atoms with E-state index in [4.69, 9.17) is 0 Å². The van der Waals surface area contributed by atoms with Gasteiger partial charge in [-0.3, -0.25) is 14.2 Å². The Kier molecular flexibility index (Phi) is 4.51. The summed E-state index contributed by atoms with van der Waals surface area (Å²) in [7, 11) is 0. The van der Waals surface area contributed by atoms with Gasteiger partial charge < -0.3 is 9.80 Å². The van der Waals surface area contributed by atoms with E-state index in [1.807, 2.05) is 39.9 Å². The van der Waals surface area contributed by atoms with E-state index in [0.717, 1.165) is 29.6 Å². The highest BCUT2D eigenvalue weighted by Crippen LogP contribution is 2.19. The van der Waals surface area contributed by atoms with E-state index < -0.39 is 0 Å². The number of amides is 1. The van der Waals surface area contributed by atoms with Crippen LogP contribution in [0.4, 0.5) is 5.82 Å². The Morgan fingerprint density at radius 2 is 1.96 bits per heavy atom. The summed E-state index contributed by atoms with van der Waals surface area (Å²) in [6, 6.07) is 5.95. The topological polar surface area (TPSA) is 66.6 Å². The second kappa shape index (κ2) is 7.10. The molecule has 1 aliphatic rings. The van der Waals surface area contributed by atoms with Crippen molar-refractivity contribution in [2.24, 2.45) is 0 Å². The molecule has 0 bridgehead atoms. The maximum atomic E-state index is 12.5. The van der Waals surface area contributed by atoms with Crippen LogP contribution in [-0.4, -0.2) is 62.1 Å². The number of rotatable bonds is 4. The molecule has 1 amide bonds. The van der Waals surface area contributed by atoms with Gasteiger partial charge in [0.1, 0.15) is 5.82 Å². The van der Waals surface area contributed by atoms with Crippen LogP contribution in [0.5, 0.6) is 0 Å². The van der Waals surface area contributed by atoms with Crippen molar-refractivity contribution in [1.82, 2.24) is 24.3 Å². The third-order valence-corrected chi connectivity index (χ3v) is 5.19. The van der Waals surface area contributed by atoms with E-state index in [1.54, 1.807) is 18.6 Å². The molecule has 4 rings (SSSR count). The third-order valence-electron chi connectivity index (χ3n) is 4.24. The molecule has 3 aromatic heterocycles. The Morgan fingerprint density at radius 3 is 2.76 bits per heavy atom. The molecule has 0 aliphatic carbocycles. The molecule has 25 heavy (non-hydrogen) atoms. The standard InChI is InChI=1S/C17H18N6OS/c24-16(13-25-17-20-11-14-3-1-2-6-23(14)17)22-9-7-21(8-10-22)15-12-18-4-5-19-15/h1-6,11-12H,7-10,13H2. The Labute approximate surface area is 149 Å². The molecule has 3 aromatic rings. The van der Waals surface area contributed by atoms with Gasteiger partial charge in [0, 0.05) is 44.8 Å². The summed E-state index contributed by atoms with van der Waals surface area (Å²) in [4.78, 5) is 29.4. The first-order chi connectivity index (χ1) is 12.3. The maximum absolute atomic E-state index is 12.5. The van der Waals surface area contributed by atoms with Crippen molar-refractivity contribution < 1.29 is 4.79 Å². The monoisotopic (exact) mass is 354 g/mol. The van der Waals surface area contributed by atoms with E-state index in [-0.39, 0.29) is 5.91 Å². The molecule has 0 atom stereocenters. The normalized spacial score (nSPS) is 14.9. The summed E-state index contributed by atoms with van der Waals surface area (Å²) >= 11 is 1.48. The molecule has 0 spiro atoms. The molecule has 0 unspecified atom stereocenters. The van der Waals surface area contributed by atoms with Crippen LogP contribution in [0.2, 0.25) is 0 Å². The number of carbonyl (C=O) groups excluding carboxylic acids is 1. The fraction of sp³-hybridized carbons (Fsp3) is 0.294. The molecule has 128 valence electrons. The molecule has 1 fully saturated rings. The van der Waals surface area contributed by atoms with Crippen LogP contribution in [0.25, 0.3) is 5.52 Å². The first kappa shape index (κ1) is 15.9. The van der Waals surface area contributed by atoms with E-state index in [1.165, 1.54) is 11.8 Å². The molecule has 4 heterocycles. The lowest BCUT2D eigenvalue weighted by Gasteiger charge is -2.35. The minimum Gasteiger partial charge on any atom is -0.352 e. The molecule has 1 aliphatic heterocycles. The largest absolute Gasteiger partial charge is 0.352 e. The van der Waals surface area contributed by atoms with Gasteiger partial charge in [0.25, 0.3) is 0 Å². The van der Waals surface area contributed by atoms with Crippen LogP contribution in [-0.2, 0) is 4.79 Å². The van der Waals surface area contributed by atoms with Gasteiger partial charge in [-0.25, -0.2) is 9.97 Å². The Morgan fingerprint density at radius 1 is 1.08 bits per heavy atom. The summed E-state index contributed by atoms with van der Waals surface area (Å²) in [5, 5.41) is 0.849. The minimum absolute atomic E-state index is 0.150. The molecule has 0 N–H and O–H groups in total. The number of piperazine rings is 1. The van der Waals surface area contributed by atoms with E-state index in [2.05, 4.69) is 19.9 Å². The highest BCUT2D eigenvalue weighted by atomic mass is 32.2. The second-order valence-corrected chi connectivity index (χ2v) is 6.70. The first-order valence-electron chi connectivity index (χ1n) is 8.15. The summed E-state index contributed by atoms with van der Waals surface area (Å²) in [6.45, 7) is 2.97. The van der Waals surface area contributed by atoms with Crippen molar-refractivity contribution in [3.05, 3.63) is 49.2 Å².